The Hall–Kier alpha value is -0.635. The van der Waals surface area contributed by atoms with E-state index >= 15 is 0 Å². The van der Waals surface area contributed by atoms with Gasteiger partial charge in [-0.3, -0.25) is 0 Å². The van der Waals surface area contributed by atoms with Crippen LogP contribution < -0.4 is 15.9 Å². The van der Waals surface area contributed by atoms with Crippen LogP contribution in [0.4, 0.5) is 0 Å². The van der Waals surface area contributed by atoms with Crippen molar-refractivity contribution in [3.8, 4) is 0 Å². The Kier molecular flexibility index (Phi) is 6.29. The Balaban J connectivity index is 0.00000264. The predicted octanol–water partition coefficient (Wildman–Crippen LogP) is 0.645. The van der Waals surface area contributed by atoms with Crippen molar-refractivity contribution in [1.29, 1.82) is 0 Å². The first-order valence-corrected chi connectivity index (χ1v) is 8.73. The van der Waals surface area contributed by atoms with Crippen molar-refractivity contribution >= 4 is 35.0 Å². The minimum Gasteiger partial charge on any atom is -0.399 e. The Morgan fingerprint density at radius 3 is 2.00 bits per heavy atom. The molecule has 0 saturated carbocycles. The number of hydrogen-bond donors (Lipinski definition) is 2. The molecule has 1 aromatic rings. The molecule has 1 aromatic carbocycles. The first-order chi connectivity index (χ1) is 10.1. The van der Waals surface area contributed by atoms with Crippen molar-refractivity contribution in [2.45, 2.75) is 43.8 Å². The van der Waals surface area contributed by atoms with E-state index in [1.54, 1.807) is 24.3 Å². The van der Waals surface area contributed by atoms with Gasteiger partial charge in [-0.2, -0.15) is 0 Å². The fourth-order valence-electron chi connectivity index (χ4n) is 2.06. The summed E-state index contributed by atoms with van der Waals surface area (Å²) in [5, 5.41) is 0. The summed E-state index contributed by atoms with van der Waals surface area (Å²) in [6.45, 7) is 8.36. The van der Waals surface area contributed by atoms with Gasteiger partial charge >= 0.3 is 7.12 Å². The lowest BCUT2D eigenvalue weighted by atomic mass is 9.79. The topological polar surface area (TPSA) is 90.7 Å². The number of nitrogens with two attached hydrogens (primary N) is 1. The summed E-state index contributed by atoms with van der Waals surface area (Å²) in [5.41, 5.74) is 5.25. The molecule has 1 aliphatic heterocycles. The molecular weight excluding hydrogens is 338 g/mol. The molecule has 0 atom stereocenters. The summed E-state index contributed by atoms with van der Waals surface area (Å²) in [6, 6.07) is 6.50. The Bertz CT molecular complexity index is 619. The van der Waals surface area contributed by atoms with Crippen LogP contribution in [0.25, 0.3) is 0 Å². The minimum absolute atomic E-state index is 0. The largest absolute Gasteiger partial charge is 0.494 e. The van der Waals surface area contributed by atoms with E-state index in [1.165, 1.54) is 0 Å². The van der Waals surface area contributed by atoms with Gasteiger partial charge in [0, 0.05) is 13.1 Å². The summed E-state index contributed by atoms with van der Waals surface area (Å²) in [4.78, 5) is 0.196. The molecule has 130 valence electrons. The zero-order valence-corrected chi connectivity index (χ0v) is 15.5. The van der Waals surface area contributed by atoms with Crippen LogP contribution in [0, 0.1) is 0 Å². The zero-order chi connectivity index (χ0) is 16.6. The Morgan fingerprint density at radius 2 is 1.57 bits per heavy atom. The highest BCUT2D eigenvalue weighted by molar-refractivity contribution is 7.89. The van der Waals surface area contributed by atoms with Crippen molar-refractivity contribution < 1.29 is 17.7 Å². The Morgan fingerprint density at radius 1 is 1.09 bits per heavy atom. The smallest absolute Gasteiger partial charge is 0.399 e. The van der Waals surface area contributed by atoms with Crippen LogP contribution in [-0.4, -0.2) is 39.8 Å². The van der Waals surface area contributed by atoms with Gasteiger partial charge in [0.05, 0.1) is 16.1 Å². The third kappa shape index (κ3) is 4.26. The van der Waals surface area contributed by atoms with E-state index in [1.807, 2.05) is 27.7 Å². The SMILES string of the molecule is CC1(C)OB(c2ccc(S(=O)(=O)NCCN)cc2)OC1(C)C.Cl. The van der Waals surface area contributed by atoms with Crippen LogP contribution in [0.2, 0.25) is 0 Å². The molecule has 0 amide bonds. The van der Waals surface area contributed by atoms with Crippen LogP contribution >= 0.6 is 12.4 Å². The fraction of sp³-hybridized carbons (Fsp3) is 0.571. The molecule has 3 N–H and O–H groups in total. The van der Waals surface area contributed by atoms with E-state index in [0.29, 0.717) is 0 Å². The first-order valence-electron chi connectivity index (χ1n) is 7.24. The lowest BCUT2D eigenvalue weighted by molar-refractivity contribution is 0.00578. The number of hydrogen-bond acceptors (Lipinski definition) is 5. The van der Waals surface area contributed by atoms with Crippen molar-refractivity contribution in [3.05, 3.63) is 24.3 Å². The molecule has 2 rings (SSSR count). The van der Waals surface area contributed by atoms with Crippen LogP contribution in [0.5, 0.6) is 0 Å². The second-order valence-corrected chi connectivity index (χ2v) is 8.11. The van der Waals surface area contributed by atoms with Gasteiger partial charge in [-0.15, -0.1) is 12.4 Å². The molecule has 1 aliphatic rings. The van der Waals surface area contributed by atoms with Crippen LogP contribution in [0.15, 0.2) is 29.2 Å². The number of benzene rings is 1. The van der Waals surface area contributed by atoms with Gasteiger partial charge in [-0.1, -0.05) is 12.1 Å². The molecule has 6 nitrogen and oxygen atoms in total. The van der Waals surface area contributed by atoms with Gasteiger partial charge in [-0.05, 0) is 45.3 Å². The monoisotopic (exact) mass is 362 g/mol. The number of sulfonamides is 1. The fourth-order valence-corrected chi connectivity index (χ4v) is 3.11. The van der Waals surface area contributed by atoms with Crippen molar-refractivity contribution in [3.63, 3.8) is 0 Å². The van der Waals surface area contributed by atoms with Gasteiger partial charge in [-0.25, -0.2) is 13.1 Å². The predicted molar refractivity (Wildman–Crippen MR) is 93.6 cm³/mol. The molecule has 1 saturated heterocycles. The van der Waals surface area contributed by atoms with E-state index in [-0.39, 0.29) is 30.4 Å². The maximum Gasteiger partial charge on any atom is 0.494 e. The van der Waals surface area contributed by atoms with E-state index < -0.39 is 28.3 Å². The second kappa shape index (κ2) is 7.08. The number of rotatable bonds is 5. The number of nitrogens with one attached hydrogen (secondary N) is 1. The lowest BCUT2D eigenvalue weighted by Gasteiger charge is -2.32. The van der Waals surface area contributed by atoms with Crippen molar-refractivity contribution in [2.24, 2.45) is 5.73 Å². The van der Waals surface area contributed by atoms with Gasteiger partial charge in [0.15, 0.2) is 0 Å². The molecule has 1 fully saturated rings. The molecule has 1 heterocycles. The molecule has 23 heavy (non-hydrogen) atoms. The highest BCUT2D eigenvalue weighted by Crippen LogP contribution is 2.36. The summed E-state index contributed by atoms with van der Waals surface area (Å²) < 4.78 is 38.3. The average molecular weight is 363 g/mol. The van der Waals surface area contributed by atoms with Gasteiger partial charge < -0.3 is 15.0 Å². The van der Waals surface area contributed by atoms with E-state index in [4.69, 9.17) is 15.0 Å². The van der Waals surface area contributed by atoms with Gasteiger partial charge in [0.2, 0.25) is 10.0 Å². The molecule has 0 radical (unpaired) electrons. The number of halogens is 1. The summed E-state index contributed by atoms with van der Waals surface area (Å²) in [6.07, 6.45) is 0. The lowest BCUT2D eigenvalue weighted by Crippen LogP contribution is -2.41. The van der Waals surface area contributed by atoms with Crippen molar-refractivity contribution in [2.75, 3.05) is 13.1 Å². The summed E-state index contributed by atoms with van der Waals surface area (Å²) in [5.74, 6) is 0. The third-order valence-corrected chi connectivity index (χ3v) is 5.63. The molecule has 0 spiro atoms. The molecular formula is C14H24BClN2O4S. The highest BCUT2D eigenvalue weighted by atomic mass is 35.5. The molecule has 0 aliphatic carbocycles. The second-order valence-electron chi connectivity index (χ2n) is 6.34. The molecule has 0 aromatic heterocycles. The quantitative estimate of drug-likeness (QED) is 0.750. The van der Waals surface area contributed by atoms with Gasteiger partial charge in [0.25, 0.3) is 0 Å². The highest BCUT2D eigenvalue weighted by Gasteiger charge is 2.51. The summed E-state index contributed by atoms with van der Waals surface area (Å²) >= 11 is 0. The van der Waals surface area contributed by atoms with Crippen LogP contribution in [-0.2, 0) is 19.3 Å². The maximum atomic E-state index is 12.0. The van der Waals surface area contributed by atoms with E-state index in [0.717, 1.165) is 5.46 Å². The first kappa shape index (κ1) is 20.4. The van der Waals surface area contributed by atoms with Crippen LogP contribution in [0.1, 0.15) is 27.7 Å². The maximum absolute atomic E-state index is 12.0. The summed E-state index contributed by atoms with van der Waals surface area (Å²) in [7, 11) is -4.02. The third-order valence-electron chi connectivity index (χ3n) is 4.15. The Labute approximate surface area is 144 Å². The van der Waals surface area contributed by atoms with Gasteiger partial charge in [0.1, 0.15) is 0 Å². The zero-order valence-electron chi connectivity index (χ0n) is 13.8. The normalized spacial score (nSPS) is 19.4. The minimum atomic E-state index is -3.52. The molecule has 9 heteroatoms. The molecule has 0 unspecified atom stereocenters. The average Bonchev–Trinajstić information content (AvgIpc) is 2.65. The molecule has 0 bridgehead atoms. The van der Waals surface area contributed by atoms with Crippen molar-refractivity contribution in [1.82, 2.24) is 4.72 Å². The van der Waals surface area contributed by atoms with E-state index in [2.05, 4.69) is 4.72 Å². The van der Waals surface area contributed by atoms with Crippen LogP contribution in [0.3, 0.4) is 0 Å². The standard InChI is InChI=1S/C14H23BN2O4S.ClH/c1-13(2)14(3,4)21-15(20-13)11-5-7-12(8-6-11)22(18,19)17-10-9-16;/h5-8,17H,9-10,16H2,1-4H3;1H. The van der Waals surface area contributed by atoms with E-state index in [9.17, 15) is 8.42 Å².